The van der Waals surface area contributed by atoms with Crippen molar-refractivity contribution in [2.45, 2.75) is 90.9 Å². The summed E-state index contributed by atoms with van der Waals surface area (Å²) in [5.41, 5.74) is 3.56. The smallest absolute Gasteiger partial charge is 0.222 e. The second-order valence-corrected chi connectivity index (χ2v) is 8.49. The minimum atomic E-state index is 0.279. The summed E-state index contributed by atoms with van der Waals surface area (Å²) in [4.78, 5) is 14.8. The van der Waals surface area contributed by atoms with Crippen LogP contribution >= 0.6 is 0 Å². The molecule has 2 unspecified atom stereocenters. The zero-order chi connectivity index (χ0) is 18.1. The summed E-state index contributed by atoms with van der Waals surface area (Å²) in [6.45, 7) is 9.56. The number of nitrogens with zero attached hydrogens (tertiary/aromatic N) is 3. The van der Waals surface area contributed by atoms with E-state index in [2.05, 4.69) is 42.8 Å². The molecule has 5 heteroatoms. The van der Waals surface area contributed by atoms with Crippen LogP contribution in [-0.2, 0) is 17.8 Å². The fraction of sp³-hybridized carbons (Fsp3) is 0.800. The minimum Gasteiger partial charge on any atom is -0.343 e. The average Bonchev–Trinajstić information content (AvgIpc) is 3.03. The number of amides is 1. The van der Waals surface area contributed by atoms with Gasteiger partial charge >= 0.3 is 0 Å². The third kappa shape index (κ3) is 4.08. The Hall–Kier alpha value is -1.36. The van der Waals surface area contributed by atoms with E-state index in [1.54, 1.807) is 0 Å². The molecule has 0 radical (unpaired) electrons. The SMILES string of the molecule is Cc1nn(CC(C)C)c(C)c1CCC(=O)N(C)C1CC2CCC(C1)N2. The molecule has 3 rings (SSSR count). The lowest BCUT2D eigenvalue weighted by Gasteiger charge is -2.35. The van der Waals surface area contributed by atoms with Gasteiger partial charge in [0.05, 0.1) is 5.69 Å². The quantitative estimate of drug-likeness (QED) is 0.862. The summed E-state index contributed by atoms with van der Waals surface area (Å²) in [5, 5.41) is 8.33. The molecule has 0 saturated carbocycles. The Bertz CT molecular complexity index is 609. The summed E-state index contributed by atoms with van der Waals surface area (Å²) in [6, 6.07) is 1.66. The van der Waals surface area contributed by atoms with E-state index in [-0.39, 0.29) is 5.91 Å². The maximum atomic E-state index is 12.7. The molecule has 3 heterocycles. The highest BCUT2D eigenvalue weighted by molar-refractivity contribution is 5.76. The number of piperidine rings is 1. The summed E-state index contributed by atoms with van der Waals surface area (Å²) in [7, 11) is 2.00. The lowest BCUT2D eigenvalue weighted by molar-refractivity contribution is -0.132. The predicted molar refractivity (Wildman–Crippen MR) is 101 cm³/mol. The minimum absolute atomic E-state index is 0.279. The van der Waals surface area contributed by atoms with Gasteiger partial charge in [-0.2, -0.15) is 5.10 Å². The maximum absolute atomic E-state index is 12.7. The van der Waals surface area contributed by atoms with Crippen LogP contribution in [0.2, 0.25) is 0 Å². The molecule has 1 aromatic heterocycles. The summed E-state index contributed by atoms with van der Waals surface area (Å²) in [5.74, 6) is 0.857. The number of fused-ring (bicyclic) bond motifs is 2. The van der Waals surface area contributed by atoms with Crippen LogP contribution < -0.4 is 5.32 Å². The molecule has 1 N–H and O–H groups in total. The van der Waals surface area contributed by atoms with Crippen LogP contribution in [0.4, 0.5) is 0 Å². The van der Waals surface area contributed by atoms with Gasteiger partial charge in [-0.15, -0.1) is 0 Å². The number of hydrogen-bond acceptors (Lipinski definition) is 3. The van der Waals surface area contributed by atoms with E-state index in [9.17, 15) is 4.79 Å². The zero-order valence-electron chi connectivity index (χ0n) is 16.5. The van der Waals surface area contributed by atoms with E-state index in [4.69, 9.17) is 0 Å². The number of aromatic nitrogens is 2. The van der Waals surface area contributed by atoms with Crippen LogP contribution in [0, 0.1) is 19.8 Å². The average molecular weight is 347 g/mol. The van der Waals surface area contributed by atoms with Crippen molar-refractivity contribution in [3.8, 4) is 0 Å². The molecule has 1 aromatic rings. The van der Waals surface area contributed by atoms with Crippen LogP contribution in [0.25, 0.3) is 0 Å². The molecular formula is C20H34N4O. The fourth-order valence-electron chi connectivity index (χ4n) is 4.57. The van der Waals surface area contributed by atoms with Gasteiger partial charge in [-0.3, -0.25) is 9.48 Å². The molecule has 2 aliphatic heterocycles. The standard InChI is InChI=1S/C20H34N4O/c1-13(2)12-24-15(4)19(14(3)22-24)8-9-20(25)23(5)18-10-16-6-7-17(11-18)21-16/h13,16-18,21H,6-12H2,1-5H3. The highest BCUT2D eigenvalue weighted by atomic mass is 16.2. The number of carbonyl (C=O) groups is 1. The molecule has 2 saturated heterocycles. The van der Waals surface area contributed by atoms with Gasteiger partial charge in [-0.05, 0) is 57.4 Å². The van der Waals surface area contributed by atoms with Gasteiger partial charge in [0.25, 0.3) is 0 Å². The Balaban J connectivity index is 1.58. The van der Waals surface area contributed by atoms with Gasteiger partial charge in [0.15, 0.2) is 0 Å². The van der Waals surface area contributed by atoms with Crippen molar-refractivity contribution >= 4 is 5.91 Å². The van der Waals surface area contributed by atoms with Crippen molar-refractivity contribution in [2.24, 2.45) is 5.92 Å². The van der Waals surface area contributed by atoms with Crippen LogP contribution in [0.15, 0.2) is 0 Å². The van der Waals surface area contributed by atoms with Gasteiger partial charge in [-0.25, -0.2) is 0 Å². The van der Waals surface area contributed by atoms with Crippen molar-refractivity contribution < 1.29 is 4.79 Å². The van der Waals surface area contributed by atoms with Crippen LogP contribution in [0.5, 0.6) is 0 Å². The van der Waals surface area contributed by atoms with Crippen LogP contribution in [0.1, 0.15) is 62.9 Å². The van der Waals surface area contributed by atoms with E-state index in [0.29, 0.717) is 30.5 Å². The van der Waals surface area contributed by atoms with Gasteiger partial charge < -0.3 is 10.2 Å². The number of rotatable bonds is 6. The Morgan fingerprint density at radius 1 is 1.28 bits per heavy atom. The molecule has 1 amide bonds. The molecule has 2 aliphatic rings. The van der Waals surface area contributed by atoms with Gasteiger partial charge in [0.2, 0.25) is 5.91 Å². The first-order valence-electron chi connectivity index (χ1n) is 9.89. The van der Waals surface area contributed by atoms with E-state index in [0.717, 1.165) is 31.5 Å². The molecule has 2 atom stereocenters. The molecule has 0 aliphatic carbocycles. The monoisotopic (exact) mass is 346 g/mol. The summed E-state index contributed by atoms with van der Waals surface area (Å²) >= 11 is 0. The first kappa shape index (κ1) is 18.4. The fourth-order valence-corrected chi connectivity index (χ4v) is 4.57. The molecule has 0 spiro atoms. The first-order chi connectivity index (χ1) is 11.8. The second-order valence-electron chi connectivity index (χ2n) is 8.49. The van der Waals surface area contributed by atoms with E-state index in [1.807, 2.05) is 11.9 Å². The Labute approximate surface area is 152 Å². The number of carbonyl (C=O) groups excluding carboxylic acids is 1. The largest absolute Gasteiger partial charge is 0.343 e. The Morgan fingerprint density at radius 2 is 1.92 bits per heavy atom. The van der Waals surface area contributed by atoms with Crippen molar-refractivity contribution in [1.29, 1.82) is 0 Å². The van der Waals surface area contributed by atoms with Gasteiger partial charge in [0.1, 0.15) is 0 Å². The lowest BCUT2D eigenvalue weighted by Crippen LogP contribution is -2.48. The van der Waals surface area contributed by atoms with Crippen molar-refractivity contribution in [3.05, 3.63) is 17.0 Å². The molecule has 140 valence electrons. The number of hydrogen-bond donors (Lipinski definition) is 1. The molecule has 25 heavy (non-hydrogen) atoms. The summed E-state index contributed by atoms with van der Waals surface area (Å²) < 4.78 is 2.11. The molecule has 2 fully saturated rings. The van der Waals surface area contributed by atoms with E-state index < -0.39 is 0 Å². The third-order valence-corrected chi connectivity index (χ3v) is 6.05. The Morgan fingerprint density at radius 3 is 2.52 bits per heavy atom. The predicted octanol–water partition coefficient (Wildman–Crippen LogP) is 2.83. The maximum Gasteiger partial charge on any atom is 0.222 e. The number of nitrogens with one attached hydrogen (secondary N) is 1. The van der Waals surface area contributed by atoms with Crippen LogP contribution in [-0.4, -0.2) is 45.8 Å². The molecule has 0 aromatic carbocycles. The third-order valence-electron chi connectivity index (χ3n) is 6.05. The highest BCUT2D eigenvalue weighted by Crippen LogP contribution is 2.29. The first-order valence-corrected chi connectivity index (χ1v) is 9.89. The van der Waals surface area contributed by atoms with Crippen molar-refractivity contribution in [2.75, 3.05) is 7.05 Å². The van der Waals surface area contributed by atoms with E-state index >= 15 is 0 Å². The van der Waals surface area contributed by atoms with Gasteiger partial charge in [-0.1, -0.05) is 13.8 Å². The number of aryl methyl sites for hydroxylation is 1. The van der Waals surface area contributed by atoms with Crippen LogP contribution in [0.3, 0.4) is 0 Å². The second kappa shape index (κ2) is 7.48. The van der Waals surface area contributed by atoms with E-state index in [1.165, 1.54) is 24.1 Å². The van der Waals surface area contributed by atoms with Gasteiger partial charge in [0, 0.05) is 43.8 Å². The molecule has 5 nitrogen and oxygen atoms in total. The molecule has 2 bridgehead atoms. The normalized spacial score (nSPS) is 25.6. The van der Waals surface area contributed by atoms with Crippen molar-refractivity contribution in [3.63, 3.8) is 0 Å². The molecular weight excluding hydrogens is 312 g/mol. The lowest BCUT2D eigenvalue weighted by atomic mass is 9.98. The zero-order valence-corrected chi connectivity index (χ0v) is 16.5. The Kier molecular flexibility index (Phi) is 5.52. The topological polar surface area (TPSA) is 50.2 Å². The highest BCUT2D eigenvalue weighted by Gasteiger charge is 2.36. The van der Waals surface area contributed by atoms with Crippen molar-refractivity contribution in [1.82, 2.24) is 20.0 Å². The summed E-state index contributed by atoms with van der Waals surface area (Å²) in [6.07, 6.45) is 6.17.